The van der Waals surface area contributed by atoms with Gasteiger partial charge in [0.2, 0.25) is 17.7 Å². The molecule has 0 radical (unpaired) electrons. The summed E-state index contributed by atoms with van der Waals surface area (Å²) in [6, 6.07) is 14.9. The van der Waals surface area contributed by atoms with Crippen LogP contribution in [0.5, 0.6) is 5.75 Å². The molecule has 1 amide bonds. The quantitative estimate of drug-likeness (QED) is 0.133. The summed E-state index contributed by atoms with van der Waals surface area (Å²) in [6.07, 6.45) is 3.25. The number of halogens is 1. The molecule has 12 nitrogen and oxygen atoms in total. The van der Waals surface area contributed by atoms with Gasteiger partial charge in [0.05, 0.1) is 24.0 Å². The molecule has 200 valence electrons. The van der Waals surface area contributed by atoms with E-state index in [2.05, 4.69) is 30.1 Å². The van der Waals surface area contributed by atoms with E-state index in [4.69, 9.17) is 32.2 Å². The smallest absolute Gasteiger partial charge is 0.259 e. The predicted molar refractivity (Wildman–Crippen MR) is 150 cm³/mol. The number of rotatable bonds is 11. The summed E-state index contributed by atoms with van der Waals surface area (Å²) in [5, 5.41) is 7.80. The molecule has 3 heterocycles. The summed E-state index contributed by atoms with van der Waals surface area (Å²) >= 11 is 7.55. The third-order valence-corrected chi connectivity index (χ3v) is 6.72. The number of ether oxygens (including phenoxy) is 1. The number of carbonyl (C=O) groups is 1. The molecule has 3 aromatic heterocycles. The van der Waals surface area contributed by atoms with Crippen molar-refractivity contribution in [2.45, 2.75) is 17.7 Å². The summed E-state index contributed by atoms with van der Waals surface area (Å²) < 4.78 is 15.1. The number of aryl methyl sites for hydroxylation is 1. The molecule has 0 unspecified atom stereocenters. The average Bonchev–Trinajstić information content (AvgIpc) is 3.61. The second-order valence-electron chi connectivity index (χ2n) is 8.31. The van der Waals surface area contributed by atoms with Crippen molar-refractivity contribution in [3.05, 3.63) is 70.9 Å². The van der Waals surface area contributed by atoms with Gasteiger partial charge in [-0.3, -0.25) is 4.79 Å². The third-order valence-electron chi connectivity index (χ3n) is 5.63. The van der Waals surface area contributed by atoms with Crippen LogP contribution in [0.25, 0.3) is 17.4 Å². The molecular weight excluding hydrogens is 542 g/mol. The SMILES string of the molecule is COc1c(Cl)cc(SNc2ccc(CCCNc3nc(N)n4nc(-c5ccco5)nc4n3)cc2)cc1C(N)=O. The van der Waals surface area contributed by atoms with Gasteiger partial charge in [-0.15, -0.1) is 5.10 Å². The lowest BCUT2D eigenvalue weighted by molar-refractivity contribution is 0.0997. The van der Waals surface area contributed by atoms with Gasteiger partial charge in [-0.2, -0.15) is 19.5 Å². The van der Waals surface area contributed by atoms with Crippen LogP contribution in [0, 0.1) is 0 Å². The summed E-state index contributed by atoms with van der Waals surface area (Å²) in [4.78, 5) is 25.5. The number of anilines is 3. The van der Waals surface area contributed by atoms with E-state index in [9.17, 15) is 4.79 Å². The van der Waals surface area contributed by atoms with Gasteiger partial charge in [0, 0.05) is 17.1 Å². The second kappa shape index (κ2) is 11.5. The number of nitrogens with one attached hydrogen (secondary N) is 2. The zero-order valence-electron chi connectivity index (χ0n) is 20.7. The fraction of sp³-hybridized carbons (Fsp3) is 0.160. The lowest BCUT2D eigenvalue weighted by Crippen LogP contribution is -2.13. The first-order chi connectivity index (χ1) is 18.9. The number of nitrogens with zero attached hydrogens (tertiary/aromatic N) is 5. The van der Waals surface area contributed by atoms with E-state index >= 15 is 0 Å². The Hall–Kier alpha value is -4.49. The van der Waals surface area contributed by atoms with E-state index in [1.807, 2.05) is 24.3 Å². The van der Waals surface area contributed by atoms with Crippen LogP contribution in [0.15, 0.2) is 64.1 Å². The highest BCUT2D eigenvalue weighted by Gasteiger charge is 2.16. The van der Waals surface area contributed by atoms with Crippen LogP contribution in [0.2, 0.25) is 5.02 Å². The molecular formula is C25H24ClN9O3S. The number of nitrogen functional groups attached to an aromatic ring is 1. The molecule has 0 aliphatic heterocycles. The number of hydrogen-bond donors (Lipinski definition) is 4. The highest BCUT2D eigenvalue weighted by Crippen LogP contribution is 2.34. The van der Waals surface area contributed by atoms with Crippen molar-refractivity contribution in [1.82, 2.24) is 24.6 Å². The summed E-state index contributed by atoms with van der Waals surface area (Å²) in [7, 11) is 1.44. The van der Waals surface area contributed by atoms with E-state index in [1.165, 1.54) is 29.1 Å². The number of aromatic nitrogens is 5. The van der Waals surface area contributed by atoms with Crippen molar-refractivity contribution in [3.63, 3.8) is 0 Å². The molecule has 39 heavy (non-hydrogen) atoms. The number of amides is 1. The van der Waals surface area contributed by atoms with E-state index in [0.29, 0.717) is 34.9 Å². The third kappa shape index (κ3) is 5.99. The maximum atomic E-state index is 11.7. The molecule has 0 saturated heterocycles. The Morgan fingerprint density at radius 1 is 1.18 bits per heavy atom. The molecule has 0 atom stereocenters. The van der Waals surface area contributed by atoms with Crippen LogP contribution in [0.4, 0.5) is 17.6 Å². The standard InChI is InChI=1S/C25H24ClN9O3S/c1-37-20-17(21(27)36)12-16(13-18(20)26)39-34-15-8-6-14(7-9-15)4-2-10-29-24-31-23(28)35-25(32-24)30-22(33-35)19-5-3-11-38-19/h3,5-9,11-13,34H,2,4,10H2,1H3,(H2,27,36)(H3,28,29,30,31,32,33). The number of primary amides is 1. The monoisotopic (exact) mass is 565 g/mol. The van der Waals surface area contributed by atoms with Crippen LogP contribution < -0.4 is 26.2 Å². The van der Waals surface area contributed by atoms with Crippen molar-refractivity contribution in [3.8, 4) is 17.3 Å². The second-order valence-corrected chi connectivity index (χ2v) is 9.60. The first-order valence-electron chi connectivity index (χ1n) is 11.8. The topological polar surface area (TPSA) is 172 Å². The van der Waals surface area contributed by atoms with Gasteiger partial charge in [-0.05, 0) is 66.8 Å². The minimum atomic E-state index is -0.608. The zero-order chi connectivity index (χ0) is 27.4. The fourth-order valence-corrected chi connectivity index (χ4v) is 4.85. The highest BCUT2D eigenvalue weighted by molar-refractivity contribution is 8.00. The molecule has 0 bridgehead atoms. The maximum Gasteiger partial charge on any atom is 0.259 e. The number of furan rings is 1. The molecule has 0 aliphatic rings. The van der Waals surface area contributed by atoms with E-state index in [0.717, 1.165) is 23.4 Å². The molecule has 0 aliphatic carbocycles. The number of hydrogen-bond acceptors (Lipinski definition) is 11. The maximum absolute atomic E-state index is 11.7. The molecule has 6 N–H and O–H groups in total. The van der Waals surface area contributed by atoms with Crippen molar-refractivity contribution in [2.75, 3.05) is 29.4 Å². The molecule has 14 heteroatoms. The number of carbonyl (C=O) groups excluding carboxylic acids is 1. The Kier molecular flexibility index (Phi) is 7.70. The van der Waals surface area contributed by atoms with Gasteiger partial charge in [-0.1, -0.05) is 23.7 Å². The van der Waals surface area contributed by atoms with E-state index < -0.39 is 5.91 Å². The molecule has 5 rings (SSSR count). The van der Waals surface area contributed by atoms with Crippen molar-refractivity contribution in [2.24, 2.45) is 5.73 Å². The number of benzene rings is 2. The van der Waals surface area contributed by atoms with Crippen LogP contribution in [0.3, 0.4) is 0 Å². The largest absolute Gasteiger partial charge is 0.494 e. The molecule has 0 fully saturated rings. The minimum Gasteiger partial charge on any atom is -0.494 e. The lowest BCUT2D eigenvalue weighted by Gasteiger charge is -2.11. The molecule has 5 aromatic rings. The Bertz CT molecular complexity index is 1610. The summed E-state index contributed by atoms with van der Waals surface area (Å²) in [5.41, 5.74) is 13.8. The fourth-order valence-electron chi connectivity index (χ4n) is 3.76. The van der Waals surface area contributed by atoms with E-state index in [1.54, 1.807) is 30.5 Å². The predicted octanol–water partition coefficient (Wildman–Crippen LogP) is 4.29. The Morgan fingerprint density at radius 3 is 2.72 bits per heavy atom. The average molecular weight is 566 g/mol. The van der Waals surface area contributed by atoms with Crippen molar-refractivity contribution in [1.29, 1.82) is 0 Å². The number of methoxy groups -OCH3 is 1. The van der Waals surface area contributed by atoms with Gasteiger partial charge in [0.15, 0.2) is 5.76 Å². The lowest BCUT2D eigenvalue weighted by atomic mass is 10.1. The zero-order valence-corrected chi connectivity index (χ0v) is 22.3. The first-order valence-corrected chi connectivity index (χ1v) is 13.0. The van der Waals surface area contributed by atoms with Crippen molar-refractivity contribution < 1.29 is 13.9 Å². The highest BCUT2D eigenvalue weighted by atomic mass is 35.5. The molecule has 2 aromatic carbocycles. The Morgan fingerprint density at radius 2 is 2.00 bits per heavy atom. The Balaban J connectivity index is 1.12. The van der Waals surface area contributed by atoms with E-state index in [-0.39, 0.29) is 17.3 Å². The van der Waals surface area contributed by atoms with Crippen LogP contribution >= 0.6 is 23.5 Å². The van der Waals surface area contributed by atoms with Crippen LogP contribution in [-0.4, -0.2) is 44.1 Å². The van der Waals surface area contributed by atoms with Crippen LogP contribution in [-0.2, 0) is 6.42 Å². The van der Waals surface area contributed by atoms with Gasteiger partial charge in [-0.25, -0.2) is 0 Å². The van der Waals surface area contributed by atoms with Gasteiger partial charge in [0.25, 0.3) is 11.7 Å². The summed E-state index contributed by atoms with van der Waals surface area (Å²) in [6.45, 7) is 0.644. The Labute approximate surface area is 232 Å². The summed E-state index contributed by atoms with van der Waals surface area (Å²) in [5.74, 6) is 1.46. The number of nitrogens with two attached hydrogens (primary N) is 2. The van der Waals surface area contributed by atoms with Gasteiger partial charge in [0.1, 0.15) is 5.75 Å². The van der Waals surface area contributed by atoms with Crippen LogP contribution in [0.1, 0.15) is 22.3 Å². The molecule has 0 saturated carbocycles. The van der Waals surface area contributed by atoms with Gasteiger partial charge >= 0.3 is 0 Å². The number of fused-ring (bicyclic) bond motifs is 1. The molecule has 0 spiro atoms. The minimum absolute atomic E-state index is 0.177. The van der Waals surface area contributed by atoms with Crippen molar-refractivity contribution >= 4 is 52.8 Å². The first kappa shape index (κ1) is 26.1. The normalized spacial score (nSPS) is 11.0. The van der Waals surface area contributed by atoms with Gasteiger partial charge < -0.3 is 30.7 Å².